The zero-order chi connectivity index (χ0) is 9.15. The Balaban J connectivity index is 2.00. The third-order valence-corrected chi connectivity index (χ3v) is 4.08. The summed E-state index contributed by atoms with van der Waals surface area (Å²) in [6.07, 6.45) is 13.2. The number of hydrogen-bond donors (Lipinski definition) is 1. The summed E-state index contributed by atoms with van der Waals surface area (Å²) < 4.78 is 0. The summed E-state index contributed by atoms with van der Waals surface area (Å²) in [5.74, 6) is 0. The Morgan fingerprint density at radius 3 is 2.15 bits per heavy atom. The van der Waals surface area contributed by atoms with E-state index in [9.17, 15) is 5.11 Å². The molecular formula is C12H22O. The number of hydrogen-bond acceptors (Lipinski definition) is 1. The molecule has 1 heteroatoms. The van der Waals surface area contributed by atoms with Gasteiger partial charge in [-0.15, -0.1) is 0 Å². The Labute approximate surface area is 81.5 Å². The fourth-order valence-electron chi connectivity index (χ4n) is 3.34. The summed E-state index contributed by atoms with van der Waals surface area (Å²) in [5.41, 5.74) is 0.564. The highest BCUT2D eigenvalue weighted by Gasteiger charge is 2.34. The van der Waals surface area contributed by atoms with Crippen LogP contribution in [0.5, 0.6) is 0 Å². The average Bonchev–Trinajstić information content (AvgIpc) is 2.29. The first-order valence-electron chi connectivity index (χ1n) is 5.99. The summed E-state index contributed by atoms with van der Waals surface area (Å²) >= 11 is 0. The molecule has 1 spiro atoms. The van der Waals surface area contributed by atoms with Gasteiger partial charge in [-0.25, -0.2) is 0 Å². The summed E-state index contributed by atoms with van der Waals surface area (Å²) in [6, 6.07) is 0. The molecule has 2 fully saturated rings. The first kappa shape index (κ1) is 9.51. The van der Waals surface area contributed by atoms with E-state index in [-0.39, 0.29) is 6.10 Å². The van der Waals surface area contributed by atoms with E-state index in [1.807, 2.05) is 0 Å². The van der Waals surface area contributed by atoms with Crippen molar-refractivity contribution < 1.29 is 5.11 Å². The smallest absolute Gasteiger partial charge is 0.0545 e. The van der Waals surface area contributed by atoms with Crippen LogP contribution in [-0.4, -0.2) is 11.2 Å². The zero-order valence-corrected chi connectivity index (χ0v) is 8.60. The van der Waals surface area contributed by atoms with Crippen LogP contribution in [0.25, 0.3) is 0 Å². The van der Waals surface area contributed by atoms with Crippen LogP contribution in [0.4, 0.5) is 0 Å². The zero-order valence-electron chi connectivity index (χ0n) is 8.60. The van der Waals surface area contributed by atoms with Crippen LogP contribution in [0.1, 0.15) is 64.2 Å². The first-order valence-corrected chi connectivity index (χ1v) is 5.99. The molecular weight excluding hydrogens is 160 g/mol. The summed E-state index contributed by atoms with van der Waals surface area (Å²) in [7, 11) is 0. The minimum atomic E-state index is 0.0144. The quantitative estimate of drug-likeness (QED) is 0.609. The van der Waals surface area contributed by atoms with Crippen LogP contribution in [-0.2, 0) is 0 Å². The number of aliphatic hydroxyl groups excluding tert-OH is 1. The molecule has 13 heavy (non-hydrogen) atoms. The normalized spacial score (nSPS) is 34.4. The topological polar surface area (TPSA) is 20.2 Å². The van der Waals surface area contributed by atoms with Gasteiger partial charge in [0.05, 0.1) is 6.10 Å². The van der Waals surface area contributed by atoms with E-state index < -0.39 is 0 Å². The van der Waals surface area contributed by atoms with E-state index >= 15 is 0 Å². The van der Waals surface area contributed by atoms with Gasteiger partial charge in [-0.05, 0) is 37.5 Å². The van der Waals surface area contributed by atoms with Crippen molar-refractivity contribution in [2.24, 2.45) is 5.41 Å². The summed E-state index contributed by atoms with van der Waals surface area (Å²) in [5, 5.41) is 9.81. The van der Waals surface area contributed by atoms with Crippen LogP contribution >= 0.6 is 0 Å². The highest BCUT2D eigenvalue weighted by atomic mass is 16.3. The van der Waals surface area contributed by atoms with E-state index in [0.29, 0.717) is 5.41 Å². The highest BCUT2D eigenvalue weighted by Crippen LogP contribution is 2.46. The summed E-state index contributed by atoms with van der Waals surface area (Å²) in [6.45, 7) is 0. The number of rotatable bonds is 0. The van der Waals surface area contributed by atoms with Gasteiger partial charge in [-0.1, -0.05) is 32.1 Å². The van der Waals surface area contributed by atoms with Gasteiger partial charge < -0.3 is 5.11 Å². The molecule has 0 saturated heterocycles. The van der Waals surface area contributed by atoms with Gasteiger partial charge in [0.15, 0.2) is 0 Å². The molecule has 0 amide bonds. The Morgan fingerprint density at radius 1 is 0.846 bits per heavy atom. The van der Waals surface area contributed by atoms with Crippen molar-refractivity contribution in [3.63, 3.8) is 0 Å². The van der Waals surface area contributed by atoms with Gasteiger partial charge >= 0.3 is 0 Å². The maximum Gasteiger partial charge on any atom is 0.0545 e. The Kier molecular flexibility index (Phi) is 2.92. The second-order valence-corrected chi connectivity index (χ2v) is 5.16. The lowest BCUT2D eigenvalue weighted by atomic mass is 9.69. The predicted octanol–water partition coefficient (Wildman–Crippen LogP) is 3.26. The van der Waals surface area contributed by atoms with Crippen LogP contribution in [0.3, 0.4) is 0 Å². The maximum absolute atomic E-state index is 9.81. The standard InChI is InChI=1S/C12H22O/c13-11-6-2-5-9-12(10-11)7-3-1-4-8-12/h11,13H,1-10H2. The van der Waals surface area contributed by atoms with Crippen molar-refractivity contribution in [2.75, 3.05) is 0 Å². The molecule has 1 atom stereocenters. The van der Waals surface area contributed by atoms with Crippen molar-refractivity contribution in [1.82, 2.24) is 0 Å². The number of aliphatic hydroxyl groups is 1. The molecule has 2 saturated carbocycles. The maximum atomic E-state index is 9.81. The molecule has 2 rings (SSSR count). The van der Waals surface area contributed by atoms with Crippen LogP contribution in [0, 0.1) is 5.41 Å². The third kappa shape index (κ3) is 2.25. The molecule has 1 unspecified atom stereocenters. The van der Waals surface area contributed by atoms with Crippen LogP contribution in [0.2, 0.25) is 0 Å². The van der Waals surface area contributed by atoms with Gasteiger partial charge in [0, 0.05) is 0 Å². The lowest BCUT2D eigenvalue weighted by molar-refractivity contribution is 0.0734. The van der Waals surface area contributed by atoms with E-state index in [1.165, 1.54) is 51.4 Å². The lowest BCUT2D eigenvalue weighted by Gasteiger charge is -2.37. The summed E-state index contributed by atoms with van der Waals surface area (Å²) in [4.78, 5) is 0. The van der Waals surface area contributed by atoms with Gasteiger partial charge in [-0.2, -0.15) is 0 Å². The molecule has 0 aromatic carbocycles. The monoisotopic (exact) mass is 182 g/mol. The molecule has 2 aliphatic rings. The molecule has 76 valence electrons. The minimum absolute atomic E-state index is 0.0144. The second-order valence-electron chi connectivity index (χ2n) is 5.16. The molecule has 0 radical (unpaired) electrons. The van der Waals surface area contributed by atoms with Gasteiger partial charge in [-0.3, -0.25) is 0 Å². The third-order valence-electron chi connectivity index (χ3n) is 4.08. The molecule has 0 aromatic heterocycles. The van der Waals surface area contributed by atoms with E-state index in [1.54, 1.807) is 0 Å². The molecule has 0 aromatic rings. The van der Waals surface area contributed by atoms with Crippen LogP contribution in [0.15, 0.2) is 0 Å². The Hall–Kier alpha value is -0.0400. The molecule has 0 aliphatic heterocycles. The van der Waals surface area contributed by atoms with Crippen molar-refractivity contribution in [3.05, 3.63) is 0 Å². The molecule has 0 heterocycles. The van der Waals surface area contributed by atoms with E-state index in [0.717, 1.165) is 12.8 Å². The van der Waals surface area contributed by atoms with Gasteiger partial charge in [0.2, 0.25) is 0 Å². The van der Waals surface area contributed by atoms with Crippen molar-refractivity contribution >= 4 is 0 Å². The Morgan fingerprint density at radius 2 is 1.46 bits per heavy atom. The lowest BCUT2D eigenvalue weighted by Crippen LogP contribution is -2.27. The molecule has 1 N–H and O–H groups in total. The average molecular weight is 182 g/mol. The van der Waals surface area contributed by atoms with Crippen molar-refractivity contribution in [1.29, 1.82) is 0 Å². The molecule has 0 bridgehead atoms. The highest BCUT2D eigenvalue weighted by molar-refractivity contribution is 4.87. The van der Waals surface area contributed by atoms with E-state index in [2.05, 4.69) is 0 Å². The van der Waals surface area contributed by atoms with Gasteiger partial charge in [0.1, 0.15) is 0 Å². The second kappa shape index (κ2) is 4.00. The van der Waals surface area contributed by atoms with Gasteiger partial charge in [0.25, 0.3) is 0 Å². The van der Waals surface area contributed by atoms with Crippen molar-refractivity contribution in [2.45, 2.75) is 70.3 Å². The van der Waals surface area contributed by atoms with E-state index in [4.69, 9.17) is 0 Å². The fraction of sp³-hybridized carbons (Fsp3) is 1.00. The SMILES string of the molecule is OC1CCCCC2(CCCCC2)C1. The fourth-order valence-corrected chi connectivity index (χ4v) is 3.34. The largest absolute Gasteiger partial charge is 0.393 e. The molecule has 2 aliphatic carbocycles. The molecule has 1 nitrogen and oxygen atoms in total. The van der Waals surface area contributed by atoms with Crippen molar-refractivity contribution in [3.8, 4) is 0 Å². The first-order chi connectivity index (χ1) is 6.31. The Bertz CT molecular complexity index is 159. The minimum Gasteiger partial charge on any atom is -0.393 e. The predicted molar refractivity (Wildman–Crippen MR) is 54.6 cm³/mol. The van der Waals surface area contributed by atoms with Crippen LogP contribution < -0.4 is 0 Å².